The van der Waals surface area contributed by atoms with Crippen LogP contribution in [0.2, 0.25) is 0 Å². The molecule has 0 fully saturated rings. The third kappa shape index (κ3) is 5.19. The quantitative estimate of drug-likeness (QED) is 0.551. The zero-order valence-corrected chi connectivity index (χ0v) is 20.0. The van der Waals surface area contributed by atoms with Crippen molar-refractivity contribution in [1.29, 1.82) is 0 Å². The number of hydrogen-bond acceptors (Lipinski definition) is 3. The SMILES string of the molecule is Cc1cccc(N(CC(=O)NC(C)c2cc(C)c(C)cc2C)S(=O)(=O)c2ccccc2)c1. The van der Waals surface area contributed by atoms with E-state index in [-0.39, 0.29) is 23.4 Å². The fourth-order valence-electron chi connectivity index (χ4n) is 3.76. The highest BCUT2D eigenvalue weighted by atomic mass is 32.2. The van der Waals surface area contributed by atoms with Crippen molar-refractivity contribution in [2.24, 2.45) is 0 Å². The summed E-state index contributed by atoms with van der Waals surface area (Å²) >= 11 is 0. The Balaban J connectivity index is 1.90. The predicted octanol–water partition coefficient (Wildman–Crippen LogP) is 4.99. The van der Waals surface area contributed by atoms with Crippen molar-refractivity contribution in [3.63, 3.8) is 0 Å². The van der Waals surface area contributed by atoms with Gasteiger partial charge in [-0.2, -0.15) is 0 Å². The summed E-state index contributed by atoms with van der Waals surface area (Å²) in [5.74, 6) is -0.365. The van der Waals surface area contributed by atoms with Crippen molar-refractivity contribution in [3.05, 3.63) is 94.5 Å². The molecule has 3 aromatic carbocycles. The van der Waals surface area contributed by atoms with E-state index in [1.807, 2.05) is 33.8 Å². The van der Waals surface area contributed by atoms with E-state index in [9.17, 15) is 13.2 Å². The Morgan fingerprint density at radius 3 is 2.19 bits per heavy atom. The summed E-state index contributed by atoms with van der Waals surface area (Å²) < 4.78 is 28.0. The Labute approximate surface area is 191 Å². The number of rotatable bonds is 7. The van der Waals surface area contributed by atoms with Crippen molar-refractivity contribution in [2.75, 3.05) is 10.8 Å². The second kappa shape index (κ2) is 9.57. The smallest absolute Gasteiger partial charge is 0.264 e. The van der Waals surface area contributed by atoms with Gasteiger partial charge in [0.15, 0.2) is 0 Å². The topological polar surface area (TPSA) is 66.5 Å². The van der Waals surface area contributed by atoms with Gasteiger partial charge in [-0.1, -0.05) is 42.5 Å². The Morgan fingerprint density at radius 2 is 1.53 bits per heavy atom. The lowest BCUT2D eigenvalue weighted by Crippen LogP contribution is -2.41. The molecule has 1 atom stereocenters. The van der Waals surface area contributed by atoms with Gasteiger partial charge in [0.05, 0.1) is 16.6 Å². The lowest BCUT2D eigenvalue weighted by molar-refractivity contribution is -0.120. The molecule has 0 radical (unpaired) electrons. The summed E-state index contributed by atoms with van der Waals surface area (Å²) in [6, 6.07) is 19.3. The summed E-state index contributed by atoms with van der Waals surface area (Å²) in [6.45, 7) is 9.61. The average molecular weight is 451 g/mol. The lowest BCUT2D eigenvalue weighted by Gasteiger charge is -2.26. The zero-order chi connectivity index (χ0) is 23.5. The van der Waals surface area contributed by atoms with Crippen LogP contribution in [-0.2, 0) is 14.8 Å². The number of aryl methyl sites for hydroxylation is 4. The van der Waals surface area contributed by atoms with E-state index in [1.165, 1.54) is 22.0 Å². The van der Waals surface area contributed by atoms with Crippen LogP contribution in [0.5, 0.6) is 0 Å². The number of nitrogens with zero attached hydrogens (tertiary/aromatic N) is 1. The van der Waals surface area contributed by atoms with Crippen LogP contribution < -0.4 is 9.62 Å². The van der Waals surface area contributed by atoms with Gasteiger partial charge in [-0.15, -0.1) is 0 Å². The van der Waals surface area contributed by atoms with Crippen molar-refractivity contribution in [3.8, 4) is 0 Å². The summed E-state index contributed by atoms with van der Waals surface area (Å²) in [5.41, 5.74) is 5.83. The molecule has 6 heteroatoms. The van der Waals surface area contributed by atoms with E-state index in [1.54, 1.807) is 36.4 Å². The first kappa shape index (κ1) is 23.5. The number of anilines is 1. The van der Waals surface area contributed by atoms with Crippen LogP contribution in [0.4, 0.5) is 5.69 Å². The second-order valence-electron chi connectivity index (χ2n) is 8.25. The fourth-order valence-corrected chi connectivity index (χ4v) is 5.20. The van der Waals surface area contributed by atoms with E-state index in [0.29, 0.717) is 5.69 Å². The second-order valence-corrected chi connectivity index (χ2v) is 10.1. The molecule has 3 aromatic rings. The van der Waals surface area contributed by atoms with E-state index in [2.05, 4.69) is 24.4 Å². The highest BCUT2D eigenvalue weighted by molar-refractivity contribution is 7.92. The van der Waals surface area contributed by atoms with Crippen LogP contribution in [0.25, 0.3) is 0 Å². The molecule has 0 heterocycles. The van der Waals surface area contributed by atoms with Gasteiger partial charge in [0, 0.05) is 0 Å². The zero-order valence-electron chi connectivity index (χ0n) is 19.2. The van der Waals surface area contributed by atoms with Crippen LogP contribution in [0.15, 0.2) is 71.6 Å². The molecular weight excluding hydrogens is 420 g/mol. The molecule has 5 nitrogen and oxygen atoms in total. The molecular formula is C26H30N2O3S. The van der Waals surface area contributed by atoms with E-state index < -0.39 is 10.0 Å². The first-order valence-corrected chi connectivity index (χ1v) is 12.0. The minimum atomic E-state index is -3.91. The van der Waals surface area contributed by atoms with E-state index in [4.69, 9.17) is 0 Å². The first-order valence-electron chi connectivity index (χ1n) is 10.6. The highest BCUT2D eigenvalue weighted by Gasteiger charge is 2.27. The Morgan fingerprint density at radius 1 is 0.875 bits per heavy atom. The Kier molecular flexibility index (Phi) is 7.04. The molecule has 0 saturated carbocycles. The summed E-state index contributed by atoms with van der Waals surface area (Å²) in [6.07, 6.45) is 0. The molecule has 0 saturated heterocycles. The number of benzene rings is 3. The molecule has 0 bridgehead atoms. The van der Waals surface area contributed by atoms with Crippen molar-refractivity contribution in [1.82, 2.24) is 5.32 Å². The average Bonchev–Trinajstić information content (AvgIpc) is 2.75. The standard InChI is InChI=1S/C26H30N2O3S/c1-18-10-9-11-23(14-18)28(32(30,31)24-12-7-6-8-13-24)17-26(29)27-22(5)25-16-20(3)19(2)15-21(25)4/h6-16,22H,17H2,1-5H3,(H,27,29). The molecule has 0 spiro atoms. The fraction of sp³-hybridized carbons (Fsp3) is 0.269. The van der Waals surface area contributed by atoms with Gasteiger partial charge < -0.3 is 5.32 Å². The maximum atomic E-state index is 13.4. The maximum Gasteiger partial charge on any atom is 0.264 e. The third-order valence-corrected chi connectivity index (χ3v) is 7.42. The number of nitrogens with one attached hydrogen (secondary N) is 1. The van der Waals surface area contributed by atoms with Gasteiger partial charge in [-0.25, -0.2) is 8.42 Å². The van der Waals surface area contributed by atoms with Gasteiger partial charge in [0.1, 0.15) is 6.54 Å². The lowest BCUT2D eigenvalue weighted by atomic mass is 9.96. The molecule has 0 aliphatic carbocycles. The summed E-state index contributed by atoms with van der Waals surface area (Å²) in [5, 5.41) is 2.98. The van der Waals surface area contributed by atoms with Crippen LogP contribution in [0, 0.1) is 27.7 Å². The van der Waals surface area contributed by atoms with Gasteiger partial charge in [-0.3, -0.25) is 9.10 Å². The molecule has 1 N–H and O–H groups in total. The molecule has 168 valence electrons. The molecule has 0 aliphatic heterocycles. The van der Waals surface area contributed by atoms with E-state index in [0.717, 1.165) is 22.3 Å². The third-order valence-electron chi connectivity index (χ3n) is 5.63. The van der Waals surface area contributed by atoms with Crippen LogP contribution in [0.1, 0.15) is 40.8 Å². The Bertz CT molecular complexity index is 1220. The number of amides is 1. The summed E-state index contributed by atoms with van der Waals surface area (Å²) in [7, 11) is -3.91. The van der Waals surface area contributed by atoms with Gasteiger partial charge in [0.25, 0.3) is 10.0 Å². The number of hydrogen-bond donors (Lipinski definition) is 1. The minimum absolute atomic E-state index is 0.146. The van der Waals surface area contributed by atoms with Crippen molar-refractivity contribution >= 4 is 21.6 Å². The van der Waals surface area contributed by atoms with Gasteiger partial charge in [0.2, 0.25) is 5.91 Å². The largest absolute Gasteiger partial charge is 0.348 e. The number of carbonyl (C=O) groups is 1. The molecule has 0 aromatic heterocycles. The summed E-state index contributed by atoms with van der Waals surface area (Å²) in [4.78, 5) is 13.2. The normalized spacial score (nSPS) is 12.3. The van der Waals surface area contributed by atoms with Crippen LogP contribution in [-0.4, -0.2) is 20.9 Å². The first-order chi connectivity index (χ1) is 15.1. The molecule has 32 heavy (non-hydrogen) atoms. The van der Waals surface area contributed by atoms with Gasteiger partial charge in [-0.05, 0) is 86.7 Å². The molecule has 1 amide bonds. The van der Waals surface area contributed by atoms with Crippen LogP contribution >= 0.6 is 0 Å². The predicted molar refractivity (Wildman–Crippen MR) is 129 cm³/mol. The maximum absolute atomic E-state index is 13.4. The van der Waals surface area contributed by atoms with Crippen LogP contribution in [0.3, 0.4) is 0 Å². The molecule has 0 aliphatic rings. The minimum Gasteiger partial charge on any atom is -0.348 e. The van der Waals surface area contributed by atoms with E-state index >= 15 is 0 Å². The van der Waals surface area contributed by atoms with Gasteiger partial charge >= 0.3 is 0 Å². The Hall–Kier alpha value is -3.12. The molecule has 1 unspecified atom stereocenters. The van der Waals surface area contributed by atoms with Crippen molar-refractivity contribution in [2.45, 2.75) is 45.6 Å². The number of carbonyl (C=O) groups excluding carboxylic acids is 1. The monoisotopic (exact) mass is 450 g/mol. The number of sulfonamides is 1. The van der Waals surface area contributed by atoms with Crippen molar-refractivity contribution < 1.29 is 13.2 Å². The highest BCUT2D eigenvalue weighted by Crippen LogP contribution is 2.25. The molecule has 3 rings (SSSR count).